The Morgan fingerprint density at radius 3 is 2.44 bits per heavy atom. The number of hydrogen-bond donors (Lipinski definition) is 2. The fourth-order valence-electron chi connectivity index (χ4n) is 4.77. The Morgan fingerprint density at radius 1 is 1.00 bits per heavy atom. The van der Waals surface area contributed by atoms with Gasteiger partial charge in [-0.05, 0) is 49.2 Å². The zero-order chi connectivity index (χ0) is 30.7. The Balaban J connectivity index is 1.61. The lowest BCUT2D eigenvalue weighted by Gasteiger charge is -2.26. The molecule has 43 heavy (non-hydrogen) atoms. The van der Waals surface area contributed by atoms with E-state index in [9.17, 15) is 9.59 Å². The summed E-state index contributed by atoms with van der Waals surface area (Å²) in [6.45, 7) is 6.07. The van der Waals surface area contributed by atoms with E-state index in [1.165, 1.54) is 0 Å². The van der Waals surface area contributed by atoms with Crippen molar-refractivity contribution < 1.29 is 4.74 Å². The molecule has 0 aliphatic heterocycles. The molecular weight excluding hydrogens is 629 g/mol. The normalized spacial score (nSPS) is 11.7. The summed E-state index contributed by atoms with van der Waals surface area (Å²) in [5.41, 5.74) is 2.64. The summed E-state index contributed by atoms with van der Waals surface area (Å²) >= 11 is 21.9. The molecule has 3 aromatic carbocycles. The van der Waals surface area contributed by atoms with Gasteiger partial charge in [-0.1, -0.05) is 71.2 Å². The van der Waals surface area contributed by atoms with Crippen LogP contribution in [0.1, 0.15) is 30.0 Å². The number of nitrogens with zero attached hydrogens (tertiary/aromatic N) is 3. The summed E-state index contributed by atoms with van der Waals surface area (Å²) in [6, 6.07) is 19.1. The Kier molecular flexibility index (Phi) is 9.51. The molecule has 0 aliphatic carbocycles. The molecule has 0 aliphatic rings. The third-order valence-corrected chi connectivity index (χ3v) is 9.26. The summed E-state index contributed by atoms with van der Waals surface area (Å²) in [5.74, 6) is 0. The minimum absolute atomic E-state index is 0.323. The number of rotatable bonds is 10. The van der Waals surface area contributed by atoms with E-state index in [0.29, 0.717) is 39.5 Å². The Morgan fingerprint density at radius 2 is 1.74 bits per heavy atom. The van der Waals surface area contributed by atoms with Crippen molar-refractivity contribution in [3.8, 4) is 27.4 Å². The number of H-pyrrole nitrogens is 1. The summed E-state index contributed by atoms with van der Waals surface area (Å²) in [7, 11) is 1.68. The zero-order valence-corrected chi connectivity index (χ0v) is 26.7. The van der Waals surface area contributed by atoms with Gasteiger partial charge in [0.15, 0.2) is 0 Å². The van der Waals surface area contributed by atoms with Gasteiger partial charge in [0, 0.05) is 46.8 Å². The summed E-state index contributed by atoms with van der Waals surface area (Å²) in [5, 5.41) is 9.33. The predicted octanol–water partition coefficient (Wildman–Crippen LogP) is 6.73. The lowest BCUT2D eigenvalue weighted by atomic mass is 9.85. The van der Waals surface area contributed by atoms with Crippen LogP contribution in [0.4, 0.5) is 0 Å². The van der Waals surface area contributed by atoms with Crippen LogP contribution in [-0.4, -0.2) is 40.0 Å². The van der Waals surface area contributed by atoms with Crippen LogP contribution >= 0.6 is 46.1 Å². The minimum Gasteiger partial charge on any atom is -0.383 e. The van der Waals surface area contributed by atoms with Gasteiger partial charge in [0.05, 0.1) is 27.9 Å². The number of benzene rings is 3. The lowest BCUT2D eigenvalue weighted by molar-refractivity contribution is 0.199. The predicted molar refractivity (Wildman–Crippen MR) is 174 cm³/mol. The number of nitrogens with one attached hydrogen (secondary N) is 2. The van der Waals surface area contributed by atoms with E-state index in [0.717, 1.165) is 49.7 Å². The highest BCUT2D eigenvalue weighted by Gasteiger charge is 2.34. The molecule has 0 saturated carbocycles. The highest BCUT2D eigenvalue weighted by atomic mass is 35.5. The van der Waals surface area contributed by atoms with Gasteiger partial charge in [-0.25, -0.2) is 9.78 Å². The van der Waals surface area contributed by atoms with E-state index in [2.05, 4.69) is 33.6 Å². The van der Waals surface area contributed by atoms with Crippen molar-refractivity contribution in [1.82, 2.24) is 25.1 Å². The quantitative estimate of drug-likeness (QED) is 0.162. The average Bonchev–Trinajstić information content (AvgIpc) is 3.42. The smallest absolute Gasteiger partial charge is 0.349 e. The van der Waals surface area contributed by atoms with E-state index >= 15 is 0 Å². The third-order valence-electron chi connectivity index (χ3n) is 6.90. The molecule has 8 nitrogen and oxygen atoms in total. The monoisotopic (exact) mass is 655 g/mol. The van der Waals surface area contributed by atoms with Crippen molar-refractivity contribution in [2.45, 2.75) is 25.8 Å². The number of thiazole rings is 1. The van der Waals surface area contributed by atoms with Gasteiger partial charge in [0.1, 0.15) is 11.2 Å². The van der Waals surface area contributed by atoms with Gasteiger partial charge in [-0.3, -0.25) is 9.78 Å². The van der Waals surface area contributed by atoms with Crippen molar-refractivity contribution >= 4 is 46.1 Å². The van der Waals surface area contributed by atoms with Crippen molar-refractivity contribution in [1.29, 1.82) is 0 Å². The highest BCUT2D eigenvalue weighted by Crippen LogP contribution is 2.47. The van der Waals surface area contributed by atoms with Crippen LogP contribution in [0.2, 0.25) is 15.1 Å². The number of halogens is 3. The highest BCUT2D eigenvalue weighted by molar-refractivity contribution is 7.16. The SMILES string of the molecule is COCCNCc1cccc(-c2sc(C(C)(C)c3c(Cl)cc(-n4ncc(=O)[nH]c4=O)cc3Cl)nc2-c2ccccc2Cl)c1. The topological polar surface area (TPSA) is 102 Å². The van der Waals surface area contributed by atoms with Gasteiger partial charge in [-0.15, -0.1) is 11.3 Å². The van der Waals surface area contributed by atoms with Crippen molar-refractivity contribution in [3.63, 3.8) is 0 Å². The fourth-order valence-corrected chi connectivity index (χ4v) is 7.13. The second kappa shape index (κ2) is 13.1. The molecule has 0 unspecified atom stereocenters. The van der Waals surface area contributed by atoms with Crippen LogP contribution in [0.25, 0.3) is 27.4 Å². The molecule has 0 atom stereocenters. The van der Waals surface area contributed by atoms with Crippen LogP contribution < -0.4 is 16.6 Å². The first-order chi connectivity index (χ1) is 20.6. The lowest BCUT2D eigenvalue weighted by Crippen LogP contribution is -2.30. The number of aromatic nitrogens is 4. The molecule has 0 bridgehead atoms. The summed E-state index contributed by atoms with van der Waals surface area (Å²) in [6.07, 6.45) is 1.01. The number of aromatic amines is 1. The summed E-state index contributed by atoms with van der Waals surface area (Å²) < 4.78 is 6.18. The number of ether oxygens (including phenoxy) is 1. The fraction of sp³-hybridized carbons (Fsp3) is 0.226. The molecule has 2 aromatic heterocycles. The molecule has 222 valence electrons. The van der Waals surface area contributed by atoms with Gasteiger partial charge in [0.25, 0.3) is 5.56 Å². The van der Waals surface area contributed by atoms with Gasteiger partial charge < -0.3 is 10.1 Å². The Bertz CT molecular complexity index is 1880. The molecule has 0 saturated heterocycles. The van der Waals surface area contributed by atoms with Gasteiger partial charge in [-0.2, -0.15) is 9.78 Å². The first-order valence-corrected chi connectivity index (χ1v) is 15.3. The molecule has 0 amide bonds. The van der Waals surface area contributed by atoms with Gasteiger partial charge >= 0.3 is 5.69 Å². The molecule has 0 fully saturated rings. The average molecular weight is 657 g/mol. The maximum Gasteiger partial charge on any atom is 0.349 e. The van der Waals surface area contributed by atoms with E-state index in [4.69, 9.17) is 44.5 Å². The molecular formula is C31H28Cl3N5O3S. The number of hydrogen-bond acceptors (Lipinski definition) is 7. The largest absolute Gasteiger partial charge is 0.383 e. The van der Waals surface area contributed by atoms with E-state index in [1.807, 2.05) is 44.2 Å². The van der Waals surface area contributed by atoms with Crippen molar-refractivity contribution in [2.75, 3.05) is 20.3 Å². The van der Waals surface area contributed by atoms with Crippen molar-refractivity contribution in [3.05, 3.63) is 119 Å². The van der Waals surface area contributed by atoms with Crippen LogP contribution in [-0.2, 0) is 16.7 Å². The Labute approximate surface area is 267 Å². The Hall–Kier alpha value is -3.31. The van der Waals surface area contributed by atoms with Crippen molar-refractivity contribution in [2.24, 2.45) is 0 Å². The molecule has 0 spiro atoms. The van der Waals surface area contributed by atoms with E-state index in [1.54, 1.807) is 30.6 Å². The zero-order valence-electron chi connectivity index (χ0n) is 23.6. The molecule has 5 rings (SSSR count). The maximum absolute atomic E-state index is 12.3. The molecule has 0 radical (unpaired) electrons. The standard InChI is InChI=1S/C31H28Cl3N5O3S/c1-31(2,26-23(33)14-20(15-24(26)34)39-30(41)37-25(40)17-36-39)29-38-27(21-9-4-5-10-22(21)32)28(43-29)19-8-6-7-18(13-19)16-35-11-12-42-3/h4-10,13-15,17,35H,11-12,16H2,1-3H3,(H,37,40,41). The number of methoxy groups -OCH3 is 1. The van der Waals surface area contributed by atoms with Crippen LogP contribution in [0.3, 0.4) is 0 Å². The molecule has 12 heteroatoms. The van der Waals surface area contributed by atoms with E-state index < -0.39 is 16.7 Å². The van der Waals surface area contributed by atoms with Crippen LogP contribution in [0.15, 0.2) is 76.4 Å². The first-order valence-electron chi connectivity index (χ1n) is 13.3. The summed E-state index contributed by atoms with van der Waals surface area (Å²) in [4.78, 5) is 32.1. The maximum atomic E-state index is 12.3. The first kappa shape index (κ1) is 31.1. The molecule has 5 aromatic rings. The molecule has 2 heterocycles. The minimum atomic E-state index is -0.742. The second-order valence-electron chi connectivity index (χ2n) is 10.3. The second-order valence-corrected chi connectivity index (χ2v) is 12.5. The molecule has 2 N–H and O–H groups in total. The van der Waals surface area contributed by atoms with Crippen LogP contribution in [0.5, 0.6) is 0 Å². The third kappa shape index (κ3) is 6.62. The van der Waals surface area contributed by atoms with E-state index in [-0.39, 0.29) is 0 Å². The van der Waals surface area contributed by atoms with Crippen LogP contribution in [0, 0.1) is 0 Å². The van der Waals surface area contributed by atoms with Gasteiger partial charge in [0.2, 0.25) is 0 Å².